The summed E-state index contributed by atoms with van der Waals surface area (Å²) in [7, 11) is -2.75. The van der Waals surface area contributed by atoms with E-state index in [1.165, 1.54) is 0 Å². The first-order chi connectivity index (χ1) is 5.49. The van der Waals surface area contributed by atoms with E-state index >= 15 is 0 Å². The Balaban J connectivity index is 3.83. The van der Waals surface area contributed by atoms with E-state index in [9.17, 15) is 8.42 Å². The van der Waals surface area contributed by atoms with Crippen LogP contribution in [-0.4, -0.2) is 26.2 Å². The smallest absolute Gasteiger partial charge is 0.294 e. The predicted molar refractivity (Wildman–Crippen MR) is 45.0 cm³/mol. The maximum atomic E-state index is 10.3. The highest BCUT2D eigenvalue weighted by Gasteiger charge is 2.13. The van der Waals surface area contributed by atoms with Crippen molar-refractivity contribution in [1.29, 1.82) is 0 Å². The standard InChI is InChI=1S/C6H15NO4S/c1-3-4-5-6(7-2)11-12(8,9)10/h6-7H,3-5H2,1-2H3,(H,8,9,10). The third kappa shape index (κ3) is 6.53. The highest BCUT2D eigenvalue weighted by atomic mass is 32.3. The fourth-order valence-electron chi connectivity index (χ4n) is 0.777. The second kappa shape index (κ2) is 5.47. The molecule has 0 saturated carbocycles. The van der Waals surface area contributed by atoms with E-state index in [4.69, 9.17) is 4.55 Å². The summed E-state index contributed by atoms with van der Waals surface area (Å²) >= 11 is 0. The monoisotopic (exact) mass is 197 g/mol. The molecule has 0 aromatic rings. The lowest BCUT2D eigenvalue weighted by molar-refractivity contribution is 0.146. The molecule has 0 aliphatic rings. The maximum absolute atomic E-state index is 10.3. The molecule has 0 bridgehead atoms. The zero-order chi connectivity index (χ0) is 9.61. The van der Waals surface area contributed by atoms with Gasteiger partial charge >= 0.3 is 10.4 Å². The van der Waals surface area contributed by atoms with Crippen LogP contribution in [-0.2, 0) is 14.6 Å². The highest BCUT2D eigenvalue weighted by Crippen LogP contribution is 2.03. The highest BCUT2D eigenvalue weighted by molar-refractivity contribution is 7.80. The van der Waals surface area contributed by atoms with E-state index in [0.717, 1.165) is 12.8 Å². The van der Waals surface area contributed by atoms with Gasteiger partial charge in [0, 0.05) is 0 Å². The molecule has 5 nitrogen and oxygen atoms in total. The van der Waals surface area contributed by atoms with E-state index in [2.05, 4.69) is 9.50 Å². The molecule has 0 aliphatic heterocycles. The molecule has 6 heteroatoms. The predicted octanol–water partition coefficient (Wildman–Crippen LogP) is 0.542. The Bertz CT molecular complexity index is 202. The lowest BCUT2D eigenvalue weighted by Gasteiger charge is -2.13. The van der Waals surface area contributed by atoms with Gasteiger partial charge in [-0.1, -0.05) is 13.3 Å². The average molecular weight is 197 g/mol. The lowest BCUT2D eigenvalue weighted by Crippen LogP contribution is -2.30. The van der Waals surface area contributed by atoms with Gasteiger partial charge in [-0.15, -0.1) is 0 Å². The van der Waals surface area contributed by atoms with Crippen molar-refractivity contribution in [3.63, 3.8) is 0 Å². The number of hydrogen-bond acceptors (Lipinski definition) is 4. The Morgan fingerprint density at radius 1 is 1.58 bits per heavy atom. The Morgan fingerprint density at radius 2 is 2.17 bits per heavy atom. The van der Waals surface area contributed by atoms with E-state index in [-0.39, 0.29) is 0 Å². The van der Waals surface area contributed by atoms with Crippen LogP contribution >= 0.6 is 0 Å². The van der Waals surface area contributed by atoms with Crippen LogP contribution in [0.5, 0.6) is 0 Å². The zero-order valence-electron chi connectivity index (χ0n) is 7.28. The van der Waals surface area contributed by atoms with Crippen LogP contribution in [0.2, 0.25) is 0 Å². The largest absolute Gasteiger partial charge is 0.398 e. The molecule has 0 aliphatic carbocycles. The van der Waals surface area contributed by atoms with Crippen LogP contribution in [0, 0.1) is 0 Å². The van der Waals surface area contributed by atoms with Crippen LogP contribution in [0.3, 0.4) is 0 Å². The quantitative estimate of drug-likeness (QED) is 0.480. The molecule has 0 rings (SSSR count). The normalized spacial score (nSPS) is 14.6. The van der Waals surface area contributed by atoms with Crippen molar-refractivity contribution in [2.24, 2.45) is 0 Å². The van der Waals surface area contributed by atoms with E-state index in [1.807, 2.05) is 6.92 Å². The van der Waals surface area contributed by atoms with Crippen molar-refractivity contribution in [2.45, 2.75) is 32.4 Å². The fraction of sp³-hybridized carbons (Fsp3) is 1.00. The Hall–Kier alpha value is -0.170. The number of rotatable bonds is 6. The third-order valence-corrected chi connectivity index (χ3v) is 1.86. The van der Waals surface area contributed by atoms with Gasteiger partial charge in [0.05, 0.1) is 0 Å². The second-order valence-corrected chi connectivity index (χ2v) is 3.49. The molecule has 0 radical (unpaired) electrons. The Kier molecular flexibility index (Phi) is 5.39. The lowest BCUT2D eigenvalue weighted by atomic mass is 10.2. The van der Waals surface area contributed by atoms with Crippen molar-refractivity contribution in [3.8, 4) is 0 Å². The fourth-order valence-corrected chi connectivity index (χ4v) is 1.26. The van der Waals surface area contributed by atoms with Crippen molar-refractivity contribution < 1.29 is 17.2 Å². The first-order valence-corrected chi connectivity index (χ1v) is 5.19. The summed E-state index contributed by atoms with van der Waals surface area (Å²) < 4.78 is 33.1. The van der Waals surface area contributed by atoms with Crippen LogP contribution in [0.15, 0.2) is 0 Å². The summed E-state index contributed by atoms with van der Waals surface area (Å²) in [5.41, 5.74) is 0. The molecule has 74 valence electrons. The van der Waals surface area contributed by atoms with Crippen molar-refractivity contribution in [2.75, 3.05) is 7.05 Å². The molecular formula is C6H15NO4S. The second-order valence-electron chi connectivity index (χ2n) is 2.44. The van der Waals surface area contributed by atoms with Crippen molar-refractivity contribution in [3.05, 3.63) is 0 Å². The topological polar surface area (TPSA) is 75.6 Å². The molecule has 0 aromatic carbocycles. The summed E-state index contributed by atoms with van der Waals surface area (Å²) in [6, 6.07) is 0. The van der Waals surface area contributed by atoms with Crippen LogP contribution in [0.4, 0.5) is 0 Å². The van der Waals surface area contributed by atoms with Crippen LogP contribution < -0.4 is 5.32 Å². The Labute approximate surface area is 73.1 Å². The van der Waals surface area contributed by atoms with Gasteiger partial charge in [0.1, 0.15) is 6.23 Å². The molecule has 2 N–H and O–H groups in total. The molecule has 0 aromatic heterocycles. The van der Waals surface area contributed by atoms with Gasteiger partial charge in [-0.25, -0.2) is 4.18 Å². The van der Waals surface area contributed by atoms with Gasteiger partial charge in [0.15, 0.2) is 0 Å². The maximum Gasteiger partial charge on any atom is 0.398 e. The van der Waals surface area contributed by atoms with Crippen LogP contribution in [0.25, 0.3) is 0 Å². The molecule has 0 heterocycles. The van der Waals surface area contributed by atoms with Gasteiger partial charge in [-0.3, -0.25) is 9.87 Å². The van der Waals surface area contributed by atoms with E-state index in [1.54, 1.807) is 7.05 Å². The summed E-state index contributed by atoms with van der Waals surface area (Å²) in [4.78, 5) is 0. The molecule has 0 spiro atoms. The van der Waals surface area contributed by atoms with Gasteiger partial charge in [0.25, 0.3) is 0 Å². The SMILES string of the molecule is CCCCC(NC)OS(=O)(=O)O. The minimum absolute atomic E-state index is 0.562. The minimum atomic E-state index is -4.33. The summed E-state index contributed by atoms with van der Waals surface area (Å²) in [5, 5.41) is 2.63. The van der Waals surface area contributed by atoms with Gasteiger partial charge < -0.3 is 0 Å². The molecule has 1 atom stereocenters. The number of hydrogen-bond donors (Lipinski definition) is 2. The number of unbranched alkanes of at least 4 members (excludes halogenated alkanes) is 1. The number of nitrogens with one attached hydrogen (secondary N) is 1. The summed E-state index contributed by atoms with van der Waals surface area (Å²) in [5.74, 6) is 0. The van der Waals surface area contributed by atoms with Crippen LogP contribution in [0.1, 0.15) is 26.2 Å². The van der Waals surface area contributed by atoms with Crippen molar-refractivity contribution in [1.82, 2.24) is 5.32 Å². The van der Waals surface area contributed by atoms with Crippen molar-refractivity contribution >= 4 is 10.4 Å². The van der Waals surface area contributed by atoms with E-state index in [0.29, 0.717) is 6.42 Å². The molecule has 0 fully saturated rings. The van der Waals surface area contributed by atoms with Gasteiger partial charge in [-0.2, -0.15) is 8.42 Å². The average Bonchev–Trinajstić information content (AvgIpc) is 1.95. The third-order valence-electron chi connectivity index (χ3n) is 1.38. The molecule has 12 heavy (non-hydrogen) atoms. The molecular weight excluding hydrogens is 182 g/mol. The first kappa shape index (κ1) is 11.8. The molecule has 0 amide bonds. The zero-order valence-corrected chi connectivity index (χ0v) is 8.10. The summed E-state index contributed by atoms with van der Waals surface area (Å²) in [6.45, 7) is 1.99. The minimum Gasteiger partial charge on any atom is -0.294 e. The molecule has 0 saturated heterocycles. The van der Waals surface area contributed by atoms with Gasteiger partial charge in [0.2, 0.25) is 0 Å². The van der Waals surface area contributed by atoms with Gasteiger partial charge in [-0.05, 0) is 19.9 Å². The summed E-state index contributed by atoms with van der Waals surface area (Å²) in [6.07, 6.45) is 1.74. The molecule has 1 unspecified atom stereocenters. The first-order valence-electron chi connectivity index (χ1n) is 3.82. The Morgan fingerprint density at radius 3 is 2.50 bits per heavy atom. The van der Waals surface area contributed by atoms with E-state index < -0.39 is 16.6 Å².